The van der Waals surface area contributed by atoms with Gasteiger partial charge in [-0.05, 0) is 19.1 Å². The first-order valence-corrected chi connectivity index (χ1v) is 4.75. The van der Waals surface area contributed by atoms with Crippen LogP contribution in [0.3, 0.4) is 0 Å². The fraction of sp³-hybridized carbons (Fsp3) is 0.222. The Balaban J connectivity index is 3.05. The number of halogens is 1. The average molecular weight is 244 g/mol. The molecular formula is C9H10ClN3O3. The van der Waals surface area contributed by atoms with Crippen LogP contribution in [-0.2, 0) is 4.79 Å². The van der Waals surface area contributed by atoms with E-state index in [0.29, 0.717) is 0 Å². The van der Waals surface area contributed by atoms with E-state index < -0.39 is 17.9 Å². The van der Waals surface area contributed by atoms with Gasteiger partial charge < -0.3 is 16.2 Å². The van der Waals surface area contributed by atoms with Crippen LogP contribution in [0.5, 0.6) is 0 Å². The Bertz CT molecular complexity index is 436. The summed E-state index contributed by atoms with van der Waals surface area (Å²) in [5.41, 5.74) is 4.97. The van der Waals surface area contributed by atoms with Gasteiger partial charge in [0, 0.05) is 0 Å². The summed E-state index contributed by atoms with van der Waals surface area (Å²) in [5, 5.41) is 11.6. The lowest BCUT2D eigenvalue weighted by molar-refractivity contribution is -0.118. The lowest BCUT2D eigenvalue weighted by atomic mass is 10.2. The van der Waals surface area contributed by atoms with E-state index in [9.17, 15) is 9.59 Å². The van der Waals surface area contributed by atoms with Crippen molar-refractivity contribution in [1.29, 1.82) is 0 Å². The second kappa shape index (κ2) is 4.80. The highest BCUT2D eigenvalue weighted by Crippen LogP contribution is 2.17. The zero-order chi connectivity index (χ0) is 12.3. The second-order valence-corrected chi connectivity index (χ2v) is 3.49. The predicted octanol–water partition coefficient (Wildman–Crippen LogP) is 0.719. The summed E-state index contributed by atoms with van der Waals surface area (Å²) in [6.45, 7) is 1.50. The van der Waals surface area contributed by atoms with Gasteiger partial charge in [0.05, 0.1) is 0 Å². The van der Waals surface area contributed by atoms with E-state index in [2.05, 4.69) is 10.3 Å². The number of carboxylic acids is 1. The molecule has 1 aromatic rings. The number of hydrogen-bond donors (Lipinski definition) is 3. The summed E-state index contributed by atoms with van der Waals surface area (Å²) in [4.78, 5) is 25.4. The molecular weight excluding hydrogens is 234 g/mol. The Morgan fingerprint density at radius 1 is 1.56 bits per heavy atom. The molecule has 0 spiro atoms. The maximum Gasteiger partial charge on any atom is 0.339 e. The van der Waals surface area contributed by atoms with Gasteiger partial charge in [-0.3, -0.25) is 4.79 Å². The second-order valence-electron chi connectivity index (χ2n) is 3.10. The number of carbonyl (C=O) groups excluding carboxylic acids is 1. The molecule has 16 heavy (non-hydrogen) atoms. The summed E-state index contributed by atoms with van der Waals surface area (Å²) >= 11 is 5.62. The molecule has 0 aromatic carbocycles. The maximum atomic E-state index is 10.8. The van der Waals surface area contributed by atoms with Crippen molar-refractivity contribution in [2.75, 3.05) is 5.32 Å². The first-order chi connectivity index (χ1) is 7.41. The van der Waals surface area contributed by atoms with Crippen molar-refractivity contribution in [3.05, 3.63) is 22.8 Å². The lowest BCUT2D eigenvalue weighted by Crippen LogP contribution is -2.33. The summed E-state index contributed by atoms with van der Waals surface area (Å²) in [6.07, 6.45) is 0. The van der Waals surface area contributed by atoms with Gasteiger partial charge in [0.1, 0.15) is 22.6 Å². The molecule has 1 amide bonds. The molecule has 1 unspecified atom stereocenters. The highest BCUT2D eigenvalue weighted by Gasteiger charge is 2.16. The smallest absolute Gasteiger partial charge is 0.339 e. The molecule has 1 atom stereocenters. The number of amides is 1. The molecule has 0 aliphatic rings. The Morgan fingerprint density at radius 2 is 2.19 bits per heavy atom. The molecule has 6 nitrogen and oxygen atoms in total. The number of carboxylic acid groups (broad SMARTS) is 1. The van der Waals surface area contributed by atoms with Gasteiger partial charge in [0.15, 0.2) is 0 Å². The van der Waals surface area contributed by atoms with Crippen LogP contribution in [0.2, 0.25) is 5.15 Å². The molecule has 7 heteroatoms. The molecule has 1 aromatic heterocycles. The van der Waals surface area contributed by atoms with Crippen LogP contribution in [0.25, 0.3) is 0 Å². The molecule has 0 bridgehead atoms. The van der Waals surface area contributed by atoms with Crippen molar-refractivity contribution in [1.82, 2.24) is 4.98 Å². The van der Waals surface area contributed by atoms with Crippen LogP contribution in [0, 0.1) is 0 Å². The molecule has 0 saturated heterocycles. The monoisotopic (exact) mass is 243 g/mol. The van der Waals surface area contributed by atoms with E-state index in [-0.39, 0.29) is 16.5 Å². The first-order valence-electron chi connectivity index (χ1n) is 4.37. The average Bonchev–Trinajstić information content (AvgIpc) is 2.16. The van der Waals surface area contributed by atoms with Gasteiger partial charge in [-0.25, -0.2) is 9.78 Å². The van der Waals surface area contributed by atoms with E-state index in [4.69, 9.17) is 22.4 Å². The standard InChI is InChI=1S/C9H10ClN3O3/c1-4(7(11)14)12-8-5(9(15)16)2-3-6(10)13-8/h2-4H,1H3,(H2,11,14)(H,12,13)(H,15,16). The number of nitrogens with two attached hydrogens (primary N) is 1. The third-order valence-corrected chi connectivity index (χ3v) is 2.08. The fourth-order valence-electron chi connectivity index (χ4n) is 0.994. The molecule has 0 fully saturated rings. The van der Waals surface area contributed by atoms with Crippen molar-refractivity contribution in [2.24, 2.45) is 5.73 Å². The number of aromatic nitrogens is 1. The van der Waals surface area contributed by atoms with Gasteiger partial charge in [0.2, 0.25) is 5.91 Å². The molecule has 0 aliphatic heterocycles. The van der Waals surface area contributed by atoms with E-state index in [0.717, 1.165) is 0 Å². The van der Waals surface area contributed by atoms with Crippen molar-refractivity contribution < 1.29 is 14.7 Å². The van der Waals surface area contributed by atoms with Crippen molar-refractivity contribution in [2.45, 2.75) is 13.0 Å². The van der Waals surface area contributed by atoms with Gasteiger partial charge in [-0.15, -0.1) is 0 Å². The minimum atomic E-state index is -1.16. The third-order valence-electron chi connectivity index (χ3n) is 1.87. The van der Waals surface area contributed by atoms with E-state index in [1.807, 2.05) is 0 Å². The summed E-state index contributed by atoms with van der Waals surface area (Å²) in [7, 11) is 0. The number of nitrogens with one attached hydrogen (secondary N) is 1. The molecule has 0 radical (unpaired) electrons. The minimum Gasteiger partial charge on any atom is -0.478 e. The van der Waals surface area contributed by atoms with E-state index in [1.165, 1.54) is 19.1 Å². The minimum absolute atomic E-state index is 0.0197. The third kappa shape index (κ3) is 2.83. The highest BCUT2D eigenvalue weighted by atomic mass is 35.5. The Morgan fingerprint density at radius 3 is 2.69 bits per heavy atom. The maximum absolute atomic E-state index is 10.8. The van der Waals surface area contributed by atoms with E-state index in [1.54, 1.807) is 0 Å². The number of primary amides is 1. The first kappa shape index (κ1) is 12.3. The van der Waals surface area contributed by atoms with Gasteiger partial charge in [-0.2, -0.15) is 0 Å². The lowest BCUT2D eigenvalue weighted by Gasteiger charge is -2.12. The predicted molar refractivity (Wildman–Crippen MR) is 58.5 cm³/mol. The largest absolute Gasteiger partial charge is 0.478 e. The van der Waals surface area contributed by atoms with Crippen LogP contribution in [-0.4, -0.2) is 28.0 Å². The van der Waals surface area contributed by atoms with Crippen LogP contribution in [0.4, 0.5) is 5.82 Å². The van der Waals surface area contributed by atoms with Crippen molar-refractivity contribution >= 4 is 29.3 Å². The number of rotatable bonds is 4. The summed E-state index contributed by atoms with van der Waals surface area (Å²) in [6, 6.07) is 1.92. The molecule has 0 aliphatic carbocycles. The number of pyridine rings is 1. The van der Waals surface area contributed by atoms with Crippen LogP contribution < -0.4 is 11.1 Å². The SMILES string of the molecule is CC(Nc1nc(Cl)ccc1C(=O)O)C(N)=O. The van der Waals surface area contributed by atoms with Crippen LogP contribution >= 0.6 is 11.6 Å². The van der Waals surface area contributed by atoms with Crippen molar-refractivity contribution in [3.63, 3.8) is 0 Å². The number of nitrogens with zero attached hydrogens (tertiary/aromatic N) is 1. The Labute approximate surface area is 96.4 Å². The summed E-state index contributed by atoms with van der Waals surface area (Å²) < 4.78 is 0. The number of carbonyl (C=O) groups is 2. The Hall–Kier alpha value is -1.82. The molecule has 86 valence electrons. The molecule has 4 N–H and O–H groups in total. The number of aromatic carboxylic acids is 1. The highest BCUT2D eigenvalue weighted by molar-refractivity contribution is 6.29. The van der Waals surface area contributed by atoms with Crippen LogP contribution in [0.1, 0.15) is 17.3 Å². The van der Waals surface area contributed by atoms with E-state index >= 15 is 0 Å². The van der Waals surface area contributed by atoms with Gasteiger partial charge in [0.25, 0.3) is 0 Å². The quantitative estimate of drug-likeness (QED) is 0.676. The number of anilines is 1. The summed E-state index contributed by atoms with van der Waals surface area (Å²) in [5.74, 6) is -1.76. The van der Waals surface area contributed by atoms with Crippen LogP contribution in [0.15, 0.2) is 12.1 Å². The van der Waals surface area contributed by atoms with Gasteiger partial charge >= 0.3 is 5.97 Å². The molecule has 1 rings (SSSR count). The molecule has 1 heterocycles. The zero-order valence-corrected chi connectivity index (χ0v) is 9.15. The topological polar surface area (TPSA) is 105 Å². The number of hydrogen-bond acceptors (Lipinski definition) is 4. The van der Waals surface area contributed by atoms with Gasteiger partial charge in [-0.1, -0.05) is 11.6 Å². The Kier molecular flexibility index (Phi) is 3.68. The van der Waals surface area contributed by atoms with Crippen molar-refractivity contribution in [3.8, 4) is 0 Å². The fourth-order valence-corrected chi connectivity index (χ4v) is 1.14. The zero-order valence-electron chi connectivity index (χ0n) is 8.40. The normalized spacial score (nSPS) is 11.9. The molecule has 0 saturated carbocycles.